The van der Waals surface area contributed by atoms with Crippen molar-refractivity contribution in [2.75, 3.05) is 5.75 Å². The van der Waals surface area contributed by atoms with Crippen molar-refractivity contribution < 1.29 is 19.5 Å². The Morgan fingerprint density at radius 1 is 1.17 bits per heavy atom. The van der Waals surface area contributed by atoms with Crippen LogP contribution in [0.25, 0.3) is 0 Å². The number of hydrogen-bond donors (Lipinski definition) is 1. The Labute approximate surface area is 178 Å². The molecule has 0 saturated heterocycles. The van der Waals surface area contributed by atoms with E-state index in [1.807, 2.05) is 6.08 Å². The van der Waals surface area contributed by atoms with Crippen molar-refractivity contribution in [3.63, 3.8) is 0 Å². The summed E-state index contributed by atoms with van der Waals surface area (Å²) in [5, 5.41) is 9.24. The third-order valence-electron chi connectivity index (χ3n) is 9.16. The van der Waals surface area contributed by atoms with Gasteiger partial charge >= 0.3 is 5.97 Å². The summed E-state index contributed by atoms with van der Waals surface area (Å²) in [5.41, 5.74) is 1.43. The average Bonchev–Trinajstić information content (AvgIpc) is 3.00. The Kier molecular flexibility index (Phi) is 5.50. The number of thioether (sulfide) groups is 1. The second-order valence-corrected chi connectivity index (χ2v) is 11.6. The number of ketones is 2. The molecule has 4 aliphatic rings. The molecule has 5 heteroatoms. The highest BCUT2D eigenvalue weighted by Gasteiger charge is 2.61. The first-order valence-corrected chi connectivity index (χ1v) is 12.3. The lowest BCUT2D eigenvalue weighted by Gasteiger charge is -2.60. The van der Waals surface area contributed by atoms with E-state index in [9.17, 15) is 14.4 Å². The maximum absolute atomic E-state index is 12.4. The molecular formula is C24H34O4S. The number of carbonyl (C=O) groups is 3. The molecule has 160 valence electrons. The highest BCUT2D eigenvalue weighted by atomic mass is 32.2. The van der Waals surface area contributed by atoms with Gasteiger partial charge in [0, 0.05) is 28.8 Å². The lowest BCUT2D eigenvalue weighted by Crippen LogP contribution is -2.54. The summed E-state index contributed by atoms with van der Waals surface area (Å²) < 4.78 is 0. The fraction of sp³-hybridized carbons (Fsp3) is 0.792. The first-order valence-electron chi connectivity index (χ1n) is 11.3. The zero-order valence-corrected chi connectivity index (χ0v) is 18.7. The first-order chi connectivity index (χ1) is 13.7. The van der Waals surface area contributed by atoms with Crippen molar-refractivity contribution >= 4 is 29.3 Å². The second-order valence-electron chi connectivity index (χ2n) is 10.3. The molecule has 4 nitrogen and oxygen atoms in total. The SMILES string of the molecule is CC(=O)[C@H]1CC[C@H]2[C@@H]3CCC4=CC(=O)CC(SCCC(=O)O)[C@]4(C)[C@H]3CC[C@]12C. The van der Waals surface area contributed by atoms with E-state index in [0.29, 0.717) is 35.7 Å². The highest BCUT2D eigenvalue weighted by Crippen LogP contribution is 2.67. The Morgan fingerprint density at radius 2 is 1.93 bits per heavy atom. The molecule has 0 bridgehead atoms. The minimum Gasteiger partial charge on any atom is -0.481 e. The molecule has 0 amide bonds. The number of carboxylic acid groups (broad SMARTS) is 1. The number of aliphatic carboxylic acids is 1. The molecule has 0 heterocycles. The van der Waals surface area contributed by atoms with Crippen LogP contribution < -0.4 is 0 Å². The van der Waals surface area contributed by atoms with Crippen LogP contribution in [0.2, 0.25) is 0 Å². The van der Waals surface area contributed by atoms with E-state index in [1.165, 1.54) is 5.57 Å². The number of Topliss-reactive ketones (excluding diaryl/α,β-unsaturated/α-hetero) is 1. The van der Waals surface area contributed by atoms with Crippen LogP contribution in [-0.2, 0) is 14.4 Å². The Hall–Kier alpha value is -1.10. The molecule has 0 aliphatic heterocycles. The Bertz CT molecular complexity index is 758. The molecule has 3 fully saturated rings. The van der Waals surface area contributed by atoms with Crippen molar-refractivity contribution in [3.8, 4) is 0 Å². The molecule has 0 radical (unpaired) electrons. The minimum atomic E-state index is -0.767. The zero-order chi connectivity index (χ0) is 21.0. The first kappa shape index (κ1) is 21.1. The van der Waals surface area contributed by atoms with Crippen molar-refractivity contribution in [2.45, 2.75) is 77.4 Å². The second kappa shape index (κ2) is 7.55. The van der Waals surface area contributed by atoms with Crippen LogP contribution in [0.15, 0.2) is 11.6 Å². The largest absolute Gasteiger partial charge is 0.481 e. The summed E-state index contributed by atoms with van der Waals surface area (Å²) in [6.07, 6.45) is 9.15. The van der Waals surface area contributed by atoms with E-state index in [4.69, 9.17) is 5.11 Å². The van der Waals surface area contributed by atoms with Gasteiger partial charge in [0.05, 0.1) is 6.42 Å². The topological polar surface area (TPSA) is 71.4 Å². The van der Waals surface area contributed by atoms with Crippen LogP contribution in [0.1, 0.15) is 72.1 Å². The van der Waals surface area contributed by atoms with Gasteiger partial charge in [-0.3, -0.25) is 14.4 Å². The summed E-state index contributed by atoms with van der Waals surface area (Å²) >= 11 is 1.70. The van der Waals surface area contributed by atoms with Crippen LogP contribution >= 0.6 is 11.8 Å². The molecule has 4 rings (SSSR count). The molecule has 0 aromatic rings. The lowest BCUT2D eigenvalue weighted by molar-refractivity contribution is -0.136. The monoisotopic (exact) mass is 418 g/mol. The molecule has 1 unspecified atom stereocenters. The fourth-order valence-corrected chi connectivity index (χ4v) is 9.31. The maximum atomic E-state index is 12.4. The van der Waals surface area contributed by atoms with Gasteiger partial charge in [-0.1, -0.05) is 19.4 Å². The third kappa shape index (κ3) is 3.32. The summed E-state index contributed by atoms with van der Waals surface area (Å²) in [4.78, 5) is 35.8. The molecule has 7 atom stereocenters. The predicted molar refractivity (Wildman–Crippen MR) is 115 cm³/mol. The van der Waals surface area contributed by atoms with Gasteiger partial charge in [-0.25, -0.2) is 0 Å². The van der Waals surface area contributed by atoms with E-state index in [1.54, 1.807) is 18.7 Å². The van der Waals surface area contributed by atoms with E-state index in [2.05, 4.69) is 13.8 Å². The summed E-state index contributed by atoms with van der Waals surface area (Å²) in [7, 11) is 0. The number of carbonyl (C=O) groups excluding carboxylic acids is 2. The van der Waals surface area contributed by atoms with E-state index >= 15 is 0 Å². The standard InChI is InChI=1S/C24H34O4S/c1-14(25)18-6-7-19-17-5-4-15-12-16(26)13-21(29-11-9-22(27)28)24(15,3)20(17)8-10-23(18,19)2/h12,17-21H,4-11,13H2,1-3H3,(H,27,28)/t17-,18+,19-,20-,21?,23+,24-/m0/s1. The van der Waals surface area contributed by atoms with Crippen LogP contribution in [-0.4, -0.2) is 33.6 Å². The van der Waals surface area contributed by atoms with Crippen LogP contribution in [0.5, 0.6) is 0 Å². The number of hydrogen-bond acceptors (Lipinski definition) is 4. The van der Waals surface area contributed by atoms with Crippen LogP contribution in [0.4, 0.5) is 0 Å². The number of fused-ring (bicyclic) bond motifs is 5. The number of carboxylic acids is 1. The molecule has 3 saturated carbocycles. The lowest BCUT2D eigenvalue weighted by atomic mass is 9.46. The molecule has 0 aromatic heterocycles. The minimum absolute atomic E-state index is 0.0182. The van der Waals surface area contributed by atoms with E-state index in [-0.39, 0.29) is 34.2 Å². The average molecular weight is 419 g/mol. The van der Waals surface area contributed by atoms with Gasteiger partial charge in [0.25, 0.3) is 0 Å². The molecule has 29 heavy (non-hydrogen) atoms. The predicted octanol–water partition coefficient (Wildman–Crippen LogP) is 4.91. The van der Waals surface area contributed by atoms with Crippen molar-refractivity contribution in [1.29, 1.82) is 0 Å². The quantitative estimate of drug-likeness (QED) is 0.687. The van der Waals surface area contributed by atoms with Gasteiger partial charge in [-0.15, -0.1) is 0 Å². The van der Waals surface area contributed by atoms with Gasteiger partial charge < -0.3 is 5.11 Å². The van der Waals surface area contributed by atoms with Crippen molar-refractivity contribution in [2.24, 2.45) is 34.5 Å². The fourth-order valence-electron chi connectivity index (χ4n) is 7.77. The Balaban J connectivity index is 1.63. The molecule has 1 N–H and O–H groups in total. The smallest absolute Gasteiger partial charge is 0.304 e. The summed E-state index contributed by atoms with van der Waals surface area (Å²) in [6, 6.07) is 0. The number of allylic oxidation sites excluding steroid dienone is 1. The summed E-state index contributed by atoms with van der Waals surface area (Å²) in [6.45, 7) is 6.50. The van der Waals surface area contributed by atoms with Gasteiger partial charge in [0.2, 0.25) is 0 Å². The van der Waals surface area contributed by atoms with Gasteiger partial charge in [0.15, 0.2) is 5.78 Å². The third-order valence-corrected chi connectivity index (χ3v) is 10.7. The molecular weight excluding hydrogens is 384 g/mol. The molecule has 4 aliphatic carbocycles. The van der Waals surface area contributed by atoms with Crippen LogP contribution in [0, 0.1) is 34.5 Å². The Morgan fingerprint density at radius 3 is 2.62 bits per heavy atom. The molecule has 0 spiro atoms. The normalized spacial score (nSPS) is 43.8. The molecule has 0 aromatic carbocycles. The van der Waals surface area contributed by atoms with Crippen molar-refractivity contribution in [1.82, 2.24) is 0 Å². The highest BCUT2D eigenvalue weighted by molar-refractivity contribution is 8.00. The van der Waals surface area contributed by atoms with Gasteiger partial charge in [-0.05, 0) is 74.7 Å². The van der Waals surface area contributed by atoms with Crippen molar-refractivity contribution in [3.05, 3.63) is 11.6 Å². The van der Waals surface area contributed by atoms with Crippen LogP contribution in [0.3, 0.4) is 0 Å². The zero-order valence-electron chi connectivity index (χ0n) is 17.9. The van der Waals surface area contributed by atoms with Gasteiger partial charge in [0.1, 0.15) is 5.78 Å². The summed E-state index contributed by atoms with van der Waals surface area (Å²) in [5.74, 6) is 2.36. The number of rotatable bonds is 5. The maximum Gasteiger partial charge on any atom is 0.304 e. The van der Waals surface area contributed by atoms with Gasteiger partial charge in [-0.2, -0.15) is 11.8 Å². The van der Waals surface area contributed by atoms with E-state index < -0.39 is 5.97 Å². The van der Waals surface area contributed by atoms with E-state index in [0.717, 1.165) is 38.5 Å².